The standard InChI is InChI=1S/C20H21FN4O/c1-14(19-22-18-5-3-2-4-17(18)20(26)23-19)24-10-12-25(13-11-24)16-8-6-15(21)7-9-16/h2-9,14H,10-13H2,1H3,(H,22,23,26). The molecule has 0 amide bonds. The summed E-state index contributed by atoms with van der Waals surface area (Å²) in [5, 5.41) is 0.615. The first-order valence-electron chi connectivity index (χ1n) is 8.85. The van der Waals surface area contributed by atoms with E-state index in [0.717, 1.165) is 37.4 Å². The normalized spacial score (nSPS) is 16.8. The van der Waals surface area contributed by atoms with E-state index < -0.39 is 0 Å². The van der Waals surface area contributed by atoms with E-state index in [1.54, 1.807) is 6.07 Å². The molecule has 2 aromatic carbocycles. The molecule has 134 valence electrons. The highest BCUT2D eigenvalue weighted by atomic mass is 19.1. The topological polar surface area (TPSA) is 52.2 Å². The van der Waals surface area contributed by atoms with Crippen molar-refractivity contribution in [3.05, 3.63) is 70.5 Å². The Kier molecular flexibility index (Phi) is 4.42. The smallest absolute Gasteiger partial charge is 0.258 e. The summed E-state index contributed by atoms with van der Waals surface area (Å²) in [6, 6.07) is 14.0. The van der Waals surface area contributed by atoms with Crippen LogP contribution < -0.4 is 10.5 Å². The van der Waals surface area contributed by atoms with Gasteiger partial charge < -0.3 is 9.88 Å². The third-order valence-electron chi connectivity index (χ3n) is 5.08. The van der Waals surface area contributed by atoms with Crippen LogP contribution in [0.1, 0.15) is 18.8 Å². The predicted octanol–water partition coefficient (Wildman–Crippen LogP) is 2.95. The molecular formula is C20H21FN4O. The molecule has 6 heteroatoms. The molecule has 1 fully saturated rings. The maximum absolute atomic E-state index is 13.1. The zero-order valence-electron chi connectivity index (χ0n) is 14.7. The minimum Gasteiger partial charge on any atom is -0.369 e. The molecule has 1 aliphatic rings. The molecule has 5 nitrogen and oxygen atoms in total. The van der Waals surface area contributed by atoms with Gasteiger partial charge in [-0.15, -0.1) is 0 Å². The first-order chi connectivity index (χ1) is 12.6. The van der Waals surface area contributed by atoms with Gasteiger partial charge in [-0.3, -0.25) is 9.69 Å². The Morgan fingerprint density at radius 1 is 1.04 bits per heavy atom. The second kappa shape index (κ2) is 6.88. The summed E-state index contributed by atoms with van der Waals surface area (Å²) in [5.74, 6) is 0.483. The number of hydrogen-bond donors (Lipinski definition) is 1. The van der Waals surface area contributed by atoms with Crippen LogP contribution in [0.15, 0.2) is 53.3 Å². The number of piperazine rings is 1. The monoisotopic (exact) mass is 352 g/mol. The summed E-state index contributed by atoms with van der Waals surface area (Å²) < 4.78 is 13.1. The van der Waals surface area contributed by atoms with Gasteiger partial charge in [-0.05, 0) is 43.3 Å². The van der Waals surface area contributed by atoms with Crippen LogP contribution in [0.25, 0.3) is 10.9 Å². The van der Waals surface area contributed by atoms with Crippen LogP contribution in [0.3, 0.4) is 0 Å². The molecule has 0 bridgehead atoms. The number of anilines is 1. The molecule has 0 aliphatic carbocycles. The second-order valence-corrected chi connectivity index (χ2v) is 6.64. The summed E-state index contributed by atoms with van der Waals surface area (Å²) in [4.78, 5) is 24.4. The lowest BCUT2D eigenvalue weighted by atomic mass is 10.2. The van der Waals surface area contributed by atoms with Crippen LogP contribution in [-0.4, -0.2) is 41.0 Å². The number of fused-ring (bicyclic) bond motifs is 1. The number of rotatable bonds is 3. The van der Waals surface area contributed by atoms with Gasteiger partial charge in [0.2, 0.25) is 0 Å². The number of H-pyrrole nitrogens is 1. The lowest BCUT2D eigenvalue weighted by Crippen LogP contribution is -2.47. The Balaban J connectivity index is 1.49. The van der Waals surface area contributed by atoms with Crippen LogP contribution in [0.4, 0.5) is 10.1 Å². The van der Waals surface area contributed by atoms with Gasteiger partial charge in [-0.1, -0.05) is 12.1 Å². The van der Waals surface area contributed by atoms with Crippen molar-refractivity contribution in [2.75, 3.05) is 31.1 Å². The Hall–Kier alpha value is -2.73. The van der Waals surface area contributed by atoms with Crippen LogP contribution in [0.2, 0.25) is 0 Å². The molecule has 1 aliphatic heterocycles. The van der Waals surface area contributed by atoms with Crippen molar-refractivity contribution >= 4 is 16.6 Å². The van der Waals surface area contributed by atoms with E-state index in [-0.39, 0.29) is 17.4 Å². The van der Waals surface area contributed by atoms with Crippen molar-refractivity contribution < 1.29 is 4.39 Å². The summed E-state index contributed by atoms with van der Waals surface area (Å²) in [6.07, 6.45) is 0. The van der Waals surface area contributed by atoms with Crippen LogP contribution >= 0.6 is 0 Å². The lowest BCUT2D eigenvalue weighted by Gasteiger charge is -2.38. The molecule has 1 aromatic heterocycles. The number of aromatic amines is 1. The van der Waals surface area contributed by atoms with Crippen LogP contribution in [0.5, 0.6) is 0 Å². The zero-order valence-corrected chi connectivity index (χ0v) is 14.7. The molecule has 2 heterocycles. The SMILES string of the molecule is CC(c1nc2ccccc2c(=O)[nH]1)N1CCN(c2ccc(F)cc2)CC1. The molecule has 1 unspecified atom stereocenters. The third kappa shape index (κ3) is 3.20. The molecular weight excluding hydrogens is 331 g/mol. The Morgan fingerprint density at radius 2 is 1.73 bits per heavy atom. The predicted molar refractivity (Wildman–Crippen MR) is 101 cm³/mol. The van der Waals surface area contributed by atoms with E-state index >= 15 is 0 Å². The molecule has 1 atom stereocenters. The number of benzene rings is 2. The van der Waals surface area contributed by atoms with Gasteiger partial charge in [-0.25, -0.2) is 9.37 Å². The average molecular weight is 352 g/mol. The number of para-hydroxylation sites is 1. The van der Waals surface area contributed by atoms with Crippen molar-refractivity contribution in [3.8, 4) is 0 Å². The first-order valence-corrected chi connectivity index (χ1v) is 8.85. The largest absolute Gasteiger partial charge is 0.369 e. The minimum atomic E-state index is -0.215. The molecule has 3 aromatic rings. The Bertz CT molecular complexity index is 961. The van der Waals surface area contributed by atoms with Gasteiger partial charge >= 0.3 is 0 Å². The van der Waals surface area contributed by atoms with E-state index in [1.165, 1.54) is 12.1 Å². The zero-order chi connectivity index (χ0) is 18.1. The van der Waals surface area contributed by atoms with E-state index in [2.05, 4.69) is 26.7 Å². The molecule has 0 saturated carbocycles. The van der Waals surface area contributed by atoms with Crippen molar-refractivity contribution in [2.24, 2.45) is 0 Å². The van der Waals surface area contributed by atoms with E-state index in [4.69, 9.17) is 0 Å². The quantitative estimate of drug-likeness (QED) is 0.787. The van der Waals surface area contributed by atoms with Gasteiger partial charge in [0.05, 0.1) is 16.9 Å². The Morgan fingerprint density at radius 3 is 2.46 bits per heavy atom. The number of nitrogens with one attached hydrogen (secondary N) is 1. The highest BCUT2D eigenvalue weighted by Gasteiger charge is 2.24. The highest BCUT2D eigenvalue weighted by molar-refractivity contribution is 5.77. The summed E-state index contributed by atoms with van der Waals surface area (Å²) >= 11 is 0. The second-order valence-electron chi connectivity index (χ2n) is 6.64. The lowest BCUT2D eigenvalue weighted by molar-refractivity contribution is 0.191. The van der Waals surface area contributed by atoms with Crippen molar-refractivity contribution in [1.29, 1.82) is 0 Å². The number of halogens is 1. The average Bonchev–Trinajstić information content (AvgIpc) is 2.68. The van der Waals surface area contributed by atoms with Gasteiger partial charge in [0.1, 0.15) is 11.6 Å². The van der Waals surface area contributed by atoms with Gasteiger partial charge in [0, 0.05) is 31.9 Å². The Labute approximate surface area is 151 Å². The van der Waals surface area contributed by atoms with Crippen molar-refractivity contribution in [3.63, 3.8) is 0 Å². The fourth-order valence-corrected chi connectivity index (χ4v) is 3.49. The maximum atomic E-state index is 13.1. The minimum absolute atomic E-state index is 0.0303. The van der Waals surface area contributed by atoms with Gasteiger partial charge in [0.25, 0.3) is 5.56 Å². The maximum Gasteiger partial charge on any atom is 0.258 e. The molecule has 0 radical (unpaired) electrons. The van der Waals surface area contributed by atoms with Gasteiger partial charge in [-0.2, -0.15) is 0 Å². The highest BCUT2D eigenvalue weighted by Crippen LogP contribution is 2.22. The van der Waals surface area contributed by atoms with Crippen molar-refractivity contribution in [2.45, 2.75) is 13.0 Å². The third-order valence-corrected chi connectivity index (χ3v) is 5.08. The van der Waals surface area contributed by atoms with Crippen LogP contribution in [-0.2, 0) is 0 Å². The van der Waals surface area contributed by atoms with E-state index in [9.17, 15) is 9.18 Å². The first kappa shape index (κ1) is 16.7. The fourth-order valence-electron chi connectivity index (χ4n) is 3.49. The molecule has 1 N–H and O–H groups in total. The number of aromatic nitrogens is 2. The number of hydrogen-bond acceptors (Lipinski definition) is 4. The van der Waals surface area contributed by atoms with Crippen LogP contribution in [0, 0.1) is 5.82 Å². The fraction of sp³-hybridized carbons (Fsp3) is 0.300. The molecule has 4 rings (SSSR count). The van der Waals surface area contributed by atoms with E-state index in [1.807, 2.05) is 30.3 Å². The van der Waals surface area contributed by atoms with Crippen molar-refractivity contribution in [1.82, 2.24) is 14.9 Å². The summed E-state index contributed by atoms with van der Waals surface area (Å²) in [5.41, 5.74) is 1.67. The molecule has 0 spiro atoms. The van der Waals surface area contributed by atoms with Gasteiger partial charge in [0.15, 0.2) is 0 Å². The number of nitrogens with zero attached hydrogens (tertiary/aromatic N) is 3. The molecule has 26 heavy (non-hydrogen) atoms. The summed E-state index contributed by atoms with van der Waals surface area (Å²) in [6.45, 7) is 5.49. The summed E-state index contributed by atoms with van der Waals surface area (Å²) in [7, 11) is 0. The van der Waals surface area contributed by atoms with E-state index in [0.29, 0.717) is 11.2 Å². The molecule has 1 saturated heterocycles.